The first-order valence-electron chi connectivity index (χ1n) is 9.55. The van der Waals surface area contributed by atoms with Crippen LogP contribution in [-0.4, -0.2) is 30.3 Å². The smallest absolute Gasteiger partial charge is 0.271 e. The number of imide groups is 1. The van der Waals surface area contributed by atoms with Crippen LogP contribution in [0.5, 0.6) is 0 Å². The highest BCUT2D eigenvalue weighted by molar-refractivity contribution is 6.17. The van der Waals surface area contributed by atoms with Gasteiger partial charge in [-0.1, -0.05) is 32.0 Å². The second-order valence-corrected chi connectivity index (χ2v) is 8.11. The zero-order chi connectivity index (χ0) is 20.2. The largest absolute Gasteiger partial charge is 0.344 e. The minimum atomic E-state index is -0.538. The van der Waals surface area contributed by atoms with Gasteiger partial charge < -0.3 is 4.90 Å². The highest BCUT2D eigenvalue weighted by atomic mass is 16.2. The maximum Gasteiger partial charge on any atom is 0.271 e. The van der Waals surface area contributed by atoms with Crippen LogP contribution in [0.2, 0.25) is 0 Å². The van der Waals surface area contributed by atoms with E-state index in [1.165, 1.54) is 23.9 Å². The van der Waals surface area contributed by atoms with Crippen molar-refractivity contribution in [1.82, 2.24) is 4.90 Å². The summed E-state index contributed by atoms with van der Waals surface area (Å²) in [7, 11) is 1.42. The molecule has 2 amide bonds. The Morgan fingerprint density at radius 3 is 2.64 bits per heavy atom. The van der Waals surface area contributed by atoms with Gasteiger partial charge >= 0.3 is 0 Å². The maximum atomic E-state index is 12.7. The number of para-hydroxylation sites is 1. The maximum absolute atomic E-state index is 12.7. The van der Waals surface area contributed by atoms with Crippen LogP contribution in [0.1, 0.15) is 38.3 Å². The molecule has 28 heavy (non-hydrogen) atoms. The van der Waals surface area contributed by atoms with Gasteiger partial charge in [0.15, 0.2) is 0 Å². The van der Waals surface area contributed by atoms with Gasteiger partial charge in [-0.3, -0.25) is 14.5 Å². The summed E-state index contributed by atoms with van der Waals surface area (Å²) in [6.45, 7) is 7.02. The third-order valence-corrected chi connectivity index (χ3v) is 6.17. The van der Waals surface area contributed by atoms with Crippen LogP contribution < -0.4 is 4.90 Å². The molecule has 1 aromatic carbocycles. The van der Waals surface area contributed by atoms with Crippen molar-refractivity contribution < 1.29 is 9.59 Å². The number of nitrogens with zero attached hydrogens (tertiary/aromatic N) is 3. The van der Waals surface area contributed by atoms with E-state index in [-0.39, 0.29) is 16.9 Å². The van der Waals surface area contributed by atoms with Gasteiger partial charge in [-0.25, -0.2) is 0 Å². The fourth-order valence-corrected chi connectivity index (χ4v) is 4.56. The van der Waals surface area contributed by atoms with E-state index in [0.29, 0.717) is 11.1 Å². The zero-order valence-corrected chi connectivity index (χ0v) is 16.7. The molecule has 0 saturated heterocycles. The van der Waals surface area contributed by atoms with Crippen molar-refractivity contribution in [1.29, 1.82) is 5.26 Å². The summed E-state index contributed by atoms with van der Waals surface area (Å²) in [5.74, 6) is -0.907. The zero-order valence-electron chi connectivity index (χ0n) is 16.7. The second kappa shape index (κ2) is 6.20. The van der Waals surface area contributed by atoms with E-state index < -0.39 is 5.91 Å². The first kappa shape index (κ1) is 18.2. The molecule has 142 valence electrons. The monoisotopic (exact) mass is 373 g/mol. The molecule has 5 heteroatoms. The number of amides is 2. The lowest BCUT2D eigenvalue weighted by Gasteiger charge is -2.30. The van der Waals surface area contributed by atoms with Gasteiger partial charge in [0.05, 0.1) is 0 Å². The van der Waals surface area contributed by atoms with Gasteiger partial charge in [0.1, 0.15) is 11.6 Å². The van der Waals surface area contributed by atoms with Crippen LogP contribution in [0.15, 0.2) is 52.8 Å². The highest BCUT2D eigenvalue weighted by Gasteiger charge is 2.42. The number of carbonyl (C=O) groups excluding carboxylic acids is 2. The predicted molar refractivity (Wildman–Crippen MR) is 107 cm³/mol. The lowest BCUT2D eigenvalue weighted by Crippen LogP contribution is -2.39. The number of carbonyl (C=O) groups is 2. The molecule has 0 saturated carbocycles. The van der Waals surface area contributed by atoms with Crippen LogP contribution in [0.4, 0.5) is 5.69 Å². The van der Waals surface area contributed by atoms with Gasteiger partial charge in [0, 0.05) is 36.0 Å². The molecule has 0 spiro atoms. The minimum absolute atomic E-state index is 0.0287. The van der Waals surface area contributed by atoms with Crippen molar-refractivity contribution in [2.75, 3.05) is 18.5 Å². The van der Waals surface area contributed by atoms with E-state index in [0.717, 1.165) is 30.0 Å². The summed E-state index contributed by atoms with van der Waals surface area (Å²) in [5, 5.41) is 9.34. The number of aryl methyl sites for hydroxylation is 1. The molecule has 0 atom stereocenters. The molecule has 3 aliphatic heterocycles. The topological polar surface area (TPSA) is 64.4 Å². The third kappa shape index (κ3) is 2.37. The normalized spacial score (nSPS) is 23.5. The second-order valence-electron chi connectivity index (χ2n) is 8.11. The quantitative estimate of drug-likeness (QED) is 0.559. The van der Waals surface area contributed by atoms with Crippen molar-refractivity contribution in [3.63, 3.8) is 0 Å². The van der Waals surface area contributed by atoms with Gasteiger partial charge in [-0.2, -0.15) is 5.26 Å². The Kier molecular flexibility index (Phi) is 4.04. The van der Waals surface area contributed by atoms with Crippen molar-refractivity contribution in [2.24, 2.45) is 0 Å². The number of likely N-dealkylation sites (N-methyl/N-ethyl adjacent to an activating group) is 1. The van der Waals surface area contributed by atoms with Crippen molar-refractivity contribution in [3.05, 3.63) is 63.9 Å². The van der Waals surface area contributed by atoms with Gasteiger partial charge in [-0.05, 0) is 48.6 Å². The number of benzene rings is 1. The summed E-state index contributed by atoms with van der Waals surface area (Å²) < 4.78 is 0. The van der Waals surface area contributed by atoms with Crippen LogP contribution in [0, 0.1) is 11.3 Å². The Labute approximate surface area is 165 Å². The van der Waals surface area contributed by atoms with E-state index >= 15 is 0 Å². The first-order valence-corrected chi connectivity index (χ1v) is 9.55. The van der Waals surface area contributed by atoms with Crippen LogP contribution in [0.25, 0.3) is 0 Å². The molecule has 5 nitrogen and oxygen atoms in total. The van der Waals surface area contributed by atoms with E-state index in [1.807, 2.05) is 12.1 Å². The molecular weight excluding hydrogens is 350 g/mol. The van der Waals surface area contributed by atoms with Gasteiger partial charge in [0.25, 0.3) is 11.8 Å². The summed E-state index contributed by atoms with van der Waals surface area (Å²) >= 11 is 0. The Morgan fingerprint density at radius 2 is 1.93 bits per heavy atom. The predicted octanol–water partition coefficient (Wildman–Crippen LogP) is 3.38. The molecule has 0 bridgehead atoms. The number of allylic oxidation sites excluding steroid dienone is 3. The SMILES string of the molecule is CC1=C(C#N)C(=O)N(C)C(=O)/C1=C\C=C1\N2CCCc3cccc(c32)C1(C)C. The van der Waals surface area contributed by atoms with Crippen LogP contribution in [0.3, 0.4) is 0 Å². The Morgan fingerprint density at radius 1 is 1.18 bits per heavy atom. The summed E-state index contributed by atoms with van der Waals surface area (Å²) in [4.78, 5) is 28.2. The fraction of sp³-hybridized carbons (Fsp3) is 0.348. The minimum Gasteiger partial charge on any atom is -0.344 e. The van der Waals surface area contributed by atoms with Crippen molar-refractivity contribution in [3.8, 4) is 6.07 Å². The number of hydrogen-bond acceptors (Lipinski definition) is 4. The fourth-order valence-electron chi connectivity index (χ4n) is 4.56. The summed E-state index contributed by atoms with van der Waals surface area (Å²) in [6.07, 6.45) is 5.94. The molecule has 0 fully saturated rings. The van der Waals surface area contributed by atoms with Gasteiger partial charge in [-0.15, -0.1) is 0 Å². The molecular formula is C23H23N3O2. The Balaban J connectivity index is 1.85. The van der Waals surface area contributed by atoms with Gasteiger partial charge in [0.2, 0.25) is 0 Å². The number of hydrogen-bond donors (Lipinski definition) is 0. The van der Waals surface area contributed by atoms with Crippen molar-refractivity contribution >= 4 is 17.5 Å². The summed E-state index contributed by atoms with van der Waals surface area (Å²) in [5.41, 5.74) is 5.81. The number of anilines is 1. The van der Waals surface area contributed by atoms with Crippen LogP contribution in [-0.2, 0) is 21.4 Å². The van der Waals surface area contributed by atoms with E-state index in [4.69, 9.17) is 0 Å². The molecule has 0 N–H and O–H groups in total. The van der Waals surface area contributed by atoms with E-state index in [2.05, 4.69) is 36.9 Å². The molecule has 1 aromatic rings. The standard InChI is InChI=1S/C23H23N3O2/c1-14-16(21(27)25(4)22(28)17(14)13-24)10-11-19-23(2,3)18-9-5-7-15-8-6-12-26(19)20(15)18/h5,7,9-11H,6,8,12H2,1-4H3/b16-10-,19-11+. The van der Waals surface area contributed by atoms with Crippen molar-refractivity contribution in [2.45, 2.75) is 39.0 Å². The van der Waals surface area contributed by atoms with E-state index in [9.17, 15) is 14.9 Å². The number of nitriles is 1. The first-order chi connectivity index (χ1) is 13.3. The molecule has 0 aromatic heterocycles. The molecule has 4 rings (SSSR count). The lowest BCUT2D eigenvalue weighted by molar-refractivity contribution is -0.138. The number of rotatable bonds is 1. The molecule has 3 heterocycles. The Bertz CT molecular complexity index is 1050. The van der Waals surface area contributed by atoms with E-state index in [1.54, 1.807) is 13.0 Å². The molecule has 0 radical (unpaired) electrons. The highest BCUT2D eigenvalue weighted by Crippen LogP contribution is 2.51. The average molecular weight is 373 g/mol. The third-order valence-electron chi connectivity index (χ3n) is 6.17. The average Bonchev–Trinajstić information content (AvgIpc) is 2.90. The molecule has 3 aliphatic rings. The lowest BCUT2D eigenvalue weighted by atomic mass is 9.83. The Hall–Kier alpha value is -3.13. The van der Waals surface area contributed by atoms with Crippen LogP contribution >= 0.6 is 0 Å². The summed E-state index contributed by atoms with van der Waals surface area (Å²) in [6, 6.07) is 8.44. The molecule has 0 aliphatic carbocycles. The molecule has 0 unspecified atom stereocenters.